The molecule has 7 rings (SSSR count). The highest BCUT2D eigenvalue weighted by Gasteiger charge is 2.70. The number of aliphatic carboxylic acids is 1. The smallest absolute Gasteiger partial charge is 0.310 e. The molecule has 0 amide bonds. The Hall–Kier alpha value is -1.19. The molecule has 18 atom stereocenters. The second-order valence-corrected chi connectivity index (χ2v) is 20.0. The quantitative estimate of drug-likeness (QED) is 0.155. The van der Waals surface area contributed by atoms with Gasteiger partial charge in [-0.2, -0.15) is 0 Å². The molecule has 2 saturated heterocycles. The molecule has 0 bridgehead atoms. The molecule has 7 N–H and O–H groups in total. The molecule has 7 aliphatic rings. The fourth-order valence-electron chi connectivity index (χ4n) is 13.3. The summed E-state index contributed by atoms with van der Waals surface area (Å²) in [5.41, 5.74) is -0.134. The van der Waals surface area contributed by atoms with Crippen LogP contribution in [-0.2, 0) is 23.7 Å². The number of hydrogen-bond acceptors (Lipinski definition) is 11. The van der Waals surface area contributed by atoms with Crippen LogP contribution in [0.5, 0.6) is 0 Å². The topological polar surface area (TPSA) is 196 Å². The molecular weight excluding hydrogens is 684 g/mol. The summed E-state index contributed by atoms with van der Waals surface area (Å²) >= 11 is 0. The summed E-state index contributed by atoms with van der Waals surface area (Å²) in [4.78, 5) is 13.0. The first kappa shape index (κ1) is 40.0. The molecule has 2 aliphatic heterocycles. The van der Waals surface area contributed by atoms with Crippen LogP contribution in [0.3, 0.4) is 0 Å². The Bertz CT molecular complexity index is 1440. The highest BCUT2D eigenvalue weighted by molar-refractivity contribution is 5.76. The van der Waals surface area contributed by atoms with Crippen molar-refractivity contribution in [2.45, 2.75) is 174 Å². The van der Waals surface area contributed by atoms with Gasteiger partial charge in [-0.3, -0.25) is 4.79 Å². The van der Waals surface area contributed by atoms with Crippen molar-refractivity contribution < 1.29 is 59.5 Å². The first-order valence-corrected chi connectivity index (χ1v) is 20.2. The molecule has 12 nitrogen and oxygen atoms in total. The van der Waals surface area contributed by atoms with E-state index in [1.807, 2.05) is 0 Å². The van der Waals surface area contributed by atoms with Gasteiger partial charge in [0.1, 0.15) is 36.6 Å². The lowest BCUT2D eigenvalue weighted by molar-refractivity contribution is -0.350. The Labute approximate surface area is 314 Å². The number of fused-ring (bicyclic) bond motifs is 7. The van der Waals surface area contributed by atoms with E-state index in [1.165, 1.54) is 12.5 Å². The summed E-state index contributed by atoms with van der Waals surface area (Å²) in [6.45, 7) is 15.2. The van der Waals surface area contributed by atoms with Gasteiger partial charge in [0, 0.05) is 5.41 Å². The summed E-state index contributed by atoms with van der Waals surface area (Å²) < 4.78 is 23.8. The van der Waals surface area contributed by atoms with E-state index in [0.29, 0.717) is 18.8 Å². The summed E-state index contributed by atoms with van der Waals surface area (Å²) in [7, 11) is 0. The number of hydrogen-bond donors (Lipinski definition) is 7. The summed E-state index contributed by atoms with van der Waals surface area (Å²) in [6.07, 6.45) is -1.40. The lowest BCUT2D eigenvalue weighted by Gasteiger charge is -2.71. The van der Waals surface area contributed by atoms with Crippen LogP contribution in [0.4, 0.5) is 0 Å². The predicted octanol–water partition coefficient (Wildman–Crippen LogP) is 3.52. The van der Waals surface area contributed by atoms with Gasteiger partial charge < -0.3 is 54.7 Å². The predicted molar refractivity (Wildman–Crippen MR) is 192 cm³/mol. The minimum Gasteiger partial charge on any atom is -0.481 e. The molecule has 0 spiro atoms. The van der Waals surface area contributed by atoms with Crippen LogP contribution >= 0.6 is 0 Å². The first-order chi connectivity index (χ1) is 24.7. The van der Waals surface area contributed by atoms with Gasteiger partial charge in [0.15, 0.2) is 12.6 Å². The highest BCUT2D eigenvalue weighted by atomic mass is 16.7. The van der Waals surface area contributed by atoms with Gasteiger partial charge in [-0.1, -0.05) is 53.2 Å². The van der Waals surface area contributed by atoms with Gasteiger partial charge in [-0.05, 0) is 111 Å². The number of rotatable bonds is 6. The second-order valence-electron chi connectivity index (χ2n) is 20.0. The van der Waals surface area contributed by atoms with Crippen LogP contribution in [0.2, 0.25) is 0 Å². The lowest BCUT2D eigenvalue weighted by Crippen LogP contribution is -2.66. The maximum atomic E-state index is 13.0. The van der Waals surface area contributed by atoms with Crippen molar-refractivity contribution in [3.05, 3.63) is 11.6 Å². The van der Waals surface area contributed by atoms with E-state index in [2.05, 4.69) is 47.6 Å². The summed E-state index contributed by atoms with van der Waals surface area (Å²) in [6, 6.07) is 0. The summed E-state index contributed by atoms with van der Waals surface area (Å²) in [5.74, 6) is -0.139. The molecule has 12 heteroatoms. The third-order valence-corrected chi connectivity index (χ3v) is 17.0. The monoisotopic (exact) mass is 750 g/mol. The largest absolute Gasteiger partial charge is 0.481 e. The summed E-state index contributed by atoms with van der Waals surface area (Å²) in [5, 5.41) is 74.8. The molecule has 2 heterocycles. The molecule has 0 unspecified atom stereocenters. The Morgan fingerprint density at radius 3 is 2.17 bits per heavy atom. The Balaban J connectivity index is 1.08. The third kappa shape index (κ3) is 5.85. The Kier molecular flexibility index (Phi) is 10.2. The van der Waals surface area contributed by atoms with E-state index in [1.54, 1.807) is 0 Å². The van der Waals surface area contributed by atoms with Crippen LogP contribution in [0.25, 0.3) is 0 Å². The van der Waals surface area contributed by atoms with E-state index in [9.17, 15) is 40.5 Å². The molecule has 5 aliphatic carbocycles. The van der Waals surface area contributed by atoms with Crippen LogP contribution in [-0.4, -0.2) is 116 Å². The van der Waals surface area contributed by atoms with Crippen molar-refractivity contribution in [1.29, 1.82) is 0 Å². The van der Waals surface area contributed by atoms with Crippen molar-refractivity contribution in [3.63, 3.8) is 0 Å². The van der Waals surface area contributed by atoms with Gasteiger partial charge in [-0.15, -0.1) is 0 Å². The van der Waals surface area contributed by atoms with E-state index in [4.69, 9.17) is 18.9 Å². The number of ether oxygens (including phenoxy) is 4. The van der Waals surface area contributed by atoms with Crippen molar-refractivity contribution in [2.75, 3.05) is 13.2 Å². The molecule has 0 aromatic rings. The van der Waals surface area contributed by atoms with Crippen LogP contribution < -0.4 is 0 Å². The van der Waals surface area contributed by atoms with Gasteiger partial charge in [0.25, 0.3) is 0 Å². The maximum absolute atomic E-state index is 13.0. The van der Waals surface area contributed by atoms with E-state index >= 15 is 0 Å². The molecule has 0 radical (unpaired) electrons. The van der Waals surface area contributed by atoms with Gasteiger partial charge in [0.2, 0.25) is 0 Å². The number of allylic oxidation sites excluding steroid dienone is 2. The number of carbonyl (C=O) groups is 1. The molecule has 0 aromatic carbocycles. The normalized spacial score (nSPS) is 55.1. The van der Waals surface area contributed by atoms with E-state index in [0.717, 1.165) is 51.4 Å². The van der Waals surface area contributed by atoms with Crippen molar-refractivity contribution in [1.82, 2.24) is 0 Å². The van der Waals surface area contributed by atoms with E-state index < -0.39 is 78.2 Å². The van der Waals surface area contributed by atoms with Gasteiger partial charge in [0.05, 0.1) is 30.8 Å². The number of carboxylic acids is 1. The Morgan fingerprint density at radius 1 is 0.811 bits per heavy atom. The van der Waals surface area contributed by atoms with Crippen LogP contribution in [0, 0.1) is 50.2 Å². The zero-order valence-electron chi connectivity index (χ0n) is 32.7. The molecule has 4 saturated carbocycles. The van der Waals surface area contributed by atoms with Crippen LogP contribution in [0.15, 0.2) is 11.6 Å². The van der Waals surface area contributed by atoms with Crippen molar-refractivity contribution >= 4 is 5.97 Å². The Morgan fingerprint density at radius 2 is 1.49 bits per heavy atom. The lowest BCUT2D eigenvalue weighted by atomic mass is 9.33. The SMILES string of the molecule is C[C@@H]1O[C@@H](O[C@H]2CO[C@@H](O[C@H]3CC[C@@]4(C)[C@@H](CC[C@]5(C)[C@@H]4CC=C4[C@@H]6CC(C)(C)CC[C@]6(C(=O)O)CC[C@]45C)[C@]3(C)CO)[C@H](O)[C@H]2O)[C@H](O)[C@H](O)[C@H]1O. The zero-order chi connectivity index (χ0) is 38.7. The van der Waals surface area contributed by atoms with E-state index in [-0.39, 0.29) is 46.7 Å². The van der Waals surface area contributed by atoms with Crippen LogP contribution in [0.1, 0.15) is 113 Å². The van der Waals surface area contributed by atoms with Gasteiger partial charge >= 0.3 is 5.97 Å². The van der Waals surface area contributed by atoms with Gasteiger partial charge in [-0.25, -0.2) is 0 Å². The average Bonchev–Trinajstić information content (AvgIpc) is 3.10. The minimum absolute atomic E-state index is 0.0397. The first-order valence-electron chi connectivity index (χ1n) is 20.2. The third-order valence-electron chi connectivity index (χ3n) is 17.0. The molecule has 6 fully saturated rings. The highest BCUT2D eigenvalue weighted by Crippen LogP contribution is 2.76. The average molecular weight is 751 g/mol. The van der Waals surface area contributed by atoms with Crippen molar-refractivity contribution in [2.24, 2.45) is 50.2 Å². The fourth-order valence-corrected chi connectivity index (χ4v) is 13.3. The number of aliphatic hydroxyl groups excluding tert-OH is 6. The number of carboxylic acid groups (broad SMARTS) is 1. The molecule has 53 heavy (non-hydrogen) atoms. The van der Waals surface area contributed by atoms with Crippen molar-refractivity contribution in [3.8, 4) is 0 Å². The maximum Gasteiger partial charge on any atom is 0.310 e. The second kappa shape index (κ2) is 13.5. The zero-order valence-corrected chi connectivity index (χ0v) is 32.7. The number of aliphatic hydroxyl groups is 6. The standard InChI is InChI=1S/C41H66O12/c1-21-28(43)30(45)32(47)34(51-21)52-24-19-50-33(31(46)29(24)44)53-27-11-12-37(4)25(38(27,5)20-42)10-13-40(7)26(37)9-8-22-23-18-36(2,3)14-16-41(23,35(48)49)17-15-39(22,40)6/h8,21,23-34,42-47H,9-20H2,1-7H3,(H,48,49)/t21-,23-,24-,25+,26+,27-,28-,29-,30+,31+,32+,33-,34-,37-,38-,39+,40+,41-/m0/s1. The fraction of sp³-hybridized carbons (Fsp3) is 0.927. The molecule has 0 aromatic heterocycles. The molecular formula is C41H66O12. The molecule has 302 valence electrons. The minimum atomic E-state index is -1.57.